The molecule has 86 valence electrons. The summed E-state index contributed by atoms with van der Waals surface area (Å²) in [7, 11) is 0. The van der Waals surface area contributed by atoms with Crippen LogP contribution in [0.4, 0.5) is 17.3 Å². The number of nitrogens with zero attached hydrogens (tertiary/aromatic N) is 2. The zero-order valence-electron chi connectivity index (χ0n) is 9.01. The van der Waals surface area contributed by atoms with Gasteiger partial charge in [-0.2, -0.15) is 0 Å². The minimum atomic E-state index is -0.453. The number of nitrogens with two attached hydrogens (primary N) is 1. The van der Waals surface area contributed by atoms with E-state index in [-0.39, 0.29) is 17.3 Å². The molecule has 1 aromatic heterocycles. The Kier molecular flexibility index (Phi) is 2.64. The molecule has 1 aromatic rings. The summed E-state index contributed by atoms with van der Waals surface area (Å²) >= 11 is 0. The Hall–Kier alpha value is -1.85. The summed E-state index contributed by atoms with van der Waals surface area (Å²) < 4.78 is 0. The van der Waals surface area contributed by atoms with Gasteiger partial charge in [-0.05, 0) is 24.3 Å². The molecule has 2 rings (SSSR count). The second kappa shape index (κ2) is 3.96. The summed E-state index contributed by atoms with van der Waals surface area (Å²) in [6.45, 7) is 2.88. The van der Waals surface area contributed by atoms with Crippen molar-refractivity contribution in [3.8, 4) is 0 Å². The Bertz CT molecular complexity index is 421. The van der Waals surface area contributed by atoms with Gasteiger partial charge in [0.15, 0.2) is 0 Å². The molecule has 1 saturated carbocycles. The highest BCUT2D eigenvalue weighted by Gasteiger charge is 2.32. The molecule has 0 aliphatic heterocycles. The highest BCUT2D eigenvalue weighted by atomic mass is 16.6. The Morgan fingerprint density at radius 2 is 2.38 bits per heavy atom. The molecule has 0 aromatic carbocycles. The molecule has 1 aliphatic carbocycles. The molecule has 0 saturated heterocycles. The van der Waals surface area contributed by atoms with E-state index in [1.807, 2.05) is 0 Å². The number of pyridine rings is 1. The van der Waals surface area contributed by atoms with E-state index in [2.05, 4.69) is 17.2 Å². The zero-order valence-corrected chi connectivity index (χ0v) is 9.01. The minimum Gasteiger partial charge on any atom is -0.384 e. The number of hydrogen-bond acceptors (Lipinski definition) is 5. The molecule has 0 amide bonds. The van der Waals surface area contributed by atoms with E-state index >= 15 is 0 Å². The molecule has 3 N–H and O–H groups in total. The molecule has 0 spiro atoms. The van der Waals surface area contributed by atoms with Gasteiger partial charge in [0.25, 0.3) is 0 Å². The van der Waals surface area contributed by atoms with Gasteiger partial charge in [-0.3, -0.25) is 10.1 Å². The molecular weight excluding hydrogens is 208 g/mol. The normalized spacial score (nSPS) is 22.8. The minimum absolute atomic E-state index is 0.0255. The lowest BCUT2D eigenvalue weighted by Crippen LogP contribution is -2.09. The molecule has 2 atom stereocenters. The third-order valence-corrected chi connectivity index (χ3v) is 2.90. The zero-order chi connectivity index (χ0) is 11.7. The van der Waals surface area contributed by atoms with E-state index in [0.29, 0.717) is 11.8 Å². The Morgan fingerprint density at radius 3 is 2.94 bits per heavy atom. The molecule has 0 bridgehead atoms. The van der Waals surface area contributed by atoms with Crippen molar-refractivity contribution in [2.24, 2.45) is 11.8 Å². The number of nitro groups is 1. The van der Waals surface area contributed by atoms with Gasteiger partial charge in [-0.1, -0.05) is 6.92 Å². The molecular formula is C10H14N4O2. The predicted octanol–water partition coefficient (Wildman–Crippen LogP) is 1.64. The average molecular weight is 222 g/mol. The maximum absolute atomic E-state index is 10.7. The Labute approximate surface area is 93.0 Å². The van der Waals surface area contributed by atoms with Crippen molar-refractivity contribution in [3.05, 3.63) is 22.2 Å². The van der Waals surface area contributed by atoms with Gasteiger partial charge in [-0.15, -0.1) is 0 Å². The predicted molar refractivity (Wildman–Crippen MR) is 61.1 cm³/mol. The number of hydrogen-bond donors (Lipinski definition) is 2. The molecule has 1 fully saturated rings. The summed E-state index contributed by atoms with van der Waals surface area (Å²) in [4.78, 5) is 14.2. The van der Waals surface area contributed by atoms with Gasteiger partial charge in [0.2, 0.25) is 5.82 Å². The summed E-state index contributed by atoms with van der Waals surface area (Å²) in [5, 5.41) is 13.7. The average Bonchev–Trinajstić information content (AvgIpc) is 2.91. The fraction of sp³-hybridized carbons (Fsp3) is 0.500. The second-order valence-corrected chi connectivity index (χ2v) is 4.21. The van der Waals surface area contributed by atoms with Crippen LogP contribution in [0.2, 0.25) is 0 Å². The van der Waals surface area contributed by atoms with Gasteiger partial charge in [0, 0.05) is 12.6 Å². The first kappa shape index (κ1) is 10.7. The Balaban J connectivity index is 2.10. The Morgan fingerprint density at radius 1 is 1.69 bits per heavy atom. The highest BCUT2D eigenvalue weighted by Crippen LogP contribution is 2.38. The van der Waals surface area contributed by atoms with E-state index in [1.54, 1.807) is 0 Å². The number of aromatic nitrogens is 1. The van der Waals surface area contributed by atoms with E-state index in [9.17, 15) is 10.1 Å². The van der Waals surface area contributed by atoms with Crippen LogP contribution in [0, 0.1) is 22.0 Å². The number of rotatable bonds is 4. The van der Waals surface area contributed by atoms with Gasteiger partial charge < -0.3 is 11.1 Å². The van der Waals surface area contributed by atoms with Crippen molar-refractivity contribution >= 4 is 17.3 Å². The molecule has 2 unspecified atom stereocenters. The van der Waals surface area contributed by atoms with Crippen LogP contribution in [-0.4, -0.2) is 16.5 Å². The van der Waals surface area contributed by atoms with Crippen molar-refractivity contribution in [1.29, 1.82) is 0 Å². The van der Waals surface area contributed by atoms with Crippen molar-refractivity contribution in [2.45, 2.75) is 13.3 Å². The maximum atomic E-state index is 10.7. The van der Waals surface area contributed by atoms with Crippen LogP contribution in [-0.2, 0) is 0 Å². The van der Waals surface area contributed by atoms with Crippen molar-refractivity contribution in [3.63, 3.8) is 0 Å². The van der Waals surface area contributed by atoms with Crippen LogP contribution in [0.15, 0.2) is 12.1 Å². The molecule has 16 heavy (non-hydrogen) atoms. The smallest absolute Gasteiger partial charge is 0.311 e. The summed E-state index contributed by atoms with van der Waals surface area (Å²) in [6, 6.07) is 2.81. The van der Waals surface area contributed by atoms with Gasteiger partial charge in [-0.25, -0.2) is 4.98 Å². The molecule has 6 heteroatoms. The topological polar surface area (TPSA) is 94.1 Å². The summed E-state index contributed by atoms with van der Waals surface area (Å²) in [6.07, 6.45) is 1.17. The lowest BCUT2D eigenvalue weighted by molar-refractivity contribution is -0.384. The van der Waals surface area contributed by atoms with Crippen molar-refractivity contribution in [1.82, 2.24) is 4.98 Å². The first-order valence-corrected chi connectivity index (χ1v) is 5.22. The van der Waals surface area contributed by atoms with Crippen molar-refractivity contribution in [2.75, 3.05) is 17.6 Å². The third kappa shape index (κ3) is 2.21. The SMILES string of the molecule is CC1CC1CNc1nc(N)ccc1[N+](=O)[O-]. The van der Waals surface area contributed by atoms with Crippen molar-refractivity contribution < 1.29 is 4.92 Å². The molecule has 0 radical (unpaired) electrons. The lowest BCUT2D eigenvalue weighted by Gasteiger charge is -2.05. The largest absolute Gasteiger partial charge is 0.384 e. The first-order chi connectivity index (χ1) is 7.58. The monoisotopic (exact) mass is 222 g/mol. The number of nitrogen functional groups attached to an aromatic ring is 1. The van der Waals surface area contributed by atoms with Crippen LogP contribution in [0.25, 0.3) is 0 Å². The van der Waals surface area contributed by atoms with Crippen LogP contribution in [0.3, 0.4) is 0 Å². The second-order valence-electron chi connectivity index (χ2n) is 4.21. The van der Waals surface area contributed by atoms with Crippen LogP contribution < -0.4 is 11.1 Å². The van der Waals surface area contributed by atoms with E-state index in [4.69, 9.17) is 5.73 Å². The maximum Gasteiger partial charge on any atom is 0.311 e. The van der Waals surface area contributed by atoms with Gasteiger partial charge in [0.05, 0.1) is 4.92 Å². The molecule has 1 aliphatic rings. The lowest BCUT2D eigenvalue weighted by atomic mass is 10.3. The van der Waals surface area contributed by atoms with Crippen LogP contribution in [0.5, 0.6) is 0 Å². The van der Waals surface area contributed by atoms with Crippen LogP contribution >= 0.6 is 0 Å². The fourth-order valence-electron chi connectivity index (χ4n) is 1.66. The highest BCUT2D eigenvalue weighted by molar-refractivity contribution is 5.59. The summed E-state index contributed by atoms with van der Waals surface area (Å²) in [5.41, 5.74) is 5.48. The fourth-order valence-corrected chi connectivity index (χ4v) is 1.66. The molecule has 1 heterocycles. The third-order valence-electron chi connectivity index (χ3n) is 2.90. The quantitative estimate of drug-likeness (QED) is 0.596. The van der Waals surface area contributed by atoms with Crippen LogP contribution in [0.1, 0.15) is 13.3 Å². The standard InChI is InChI=1S/C10H14N4O2/c1-6-4-7(6)5-12-10-8(14(15)16)2-3-9(11)13-10/h2-3,6-7H,4-5H2,1H3,(H3,11,12,13). The van der Waals surface area contributed by atoms with Gasteiger partial charge >= 0.3 is 5.69 Å². The molecule has 6 nitrogen and oxygen atoms in total. The first-order valence-electron chi connectivity index (χ1n) is 5.22. The van der Waals surface area contributed by atoms with Gasteiger partial charge in [0.1, 0.15) is 5.82 Å². The van der Waals surface area contributed by atoms with E-state index in [1.165, 1.54) is 18.6 Å². The van der Waals surface area contributed by atoms with E-state index in [0.717, 1.165) is 6.54 Å². The summed E-state index contributed by atoms with van der Waals surface area (Å²) in [5.74, 6) is 1.86. The number of nitrogens with one attached hydrogen (secondary N) is 1. The number of anilines is 2. The van der Waals surface area contributed by atoms with E-state index < -0.39 is 4.92 Å².